The van der Waals surface area contributed by atoms with Crippen LogP contribution in [0, 0.1) is 6.92 Å². The molecule has 0 aliphatic carbocycles. The molecule has 0 spiro atoms. The number of halogens is 1. The van der Waals surface area contributed by atoms with Gasteiger partial charge in [0, 0.05) is 30.7 Å². The lowest BCUT2D eigenvalue weighted by molar-refractivity contribution is 0.0951. The minimum absolute atomic E-state index is 0.159. The van der Waals surface area contributed by atoms with Crippen molar-refractivity contribution >= 4 is 28.5 Å². The highest BCUT2D eigenvalue weighted by Gasteiger charge is 2.12. The molecule has 25 heavy (non-hydrogen) atoms. The molecular weight excluding hydrogens is 340 g/mol. The maximum atomic E-state index is 12.2. The van der Waals surface area contributed by atoms with E-state index in [1.54, 1.807) is 25.2 Å². The van der Waals surface area contributed by atoms with Crippen molar-refractivity contribution in [3.63, 3.8) is 0 Å². The molecule has 0 unspecified atom stereocenters. The molecule has 0 atom stereocenters. The summed E-state index contributed by atoms with van der Waals surface area (Å²) in [5, 5.41) is 3.45. The van der Waals surface area contributed by atoms with E-state index in [2.05, 4.69) is 15.3 Å². The minimum Gasteiger partial charge on any atom is -0.352 e. The van der Waals surface area contributed by atoms with Crippen molar-refractivity contribution in [2.45, 2.75) is 19.8 Å². The highest BCUT2D eigenvalue weighted by Crippen LogP contribution is 2.17. The summed E-state index contributed by atoms with van der Waals surface area (Å²) in [6, 6.07) is 8.83. The summed E-state index contributed by atoms with van der Waals surface area (Å²) < 4.78 is 1.47. The van der Waals surface area contributed by atoms with Crippen LogP contribution >= 0.6 is 11.6 Å². The molecule has 0 aliphatic heterocycles. The van der Waals surface area contributed by atoms with E-state index in [4.69, 9.17) is 11.6 Å². The first kappa shape index (κ1) is 17.2. The van der Waals surface area contributed by atoms with Gasteiger partial charge in [-0.1, -0.05) is 11.6 Å². The molecule has 130 valence electrons. The zero-order valence-electron chi connectivity index (χ0n) is 14.1. The average molecular weight is 359 g/mol. The number of carbonyl (C=O) groups is 1. The first-order valence-electron chi connectivity index (χ1n) is 8.04. The predicted molar refractivity (Wildman–Crippen MR) is 98.2 cm³/mol. The smallest absolute Gasteiger partial charge is 0.263 e. The Labute approximate surface area is 149 Å². The molecule has 0 fully saturated rings. The van der Waals surface area contributed by atoms with Gasteiger partial charge in [-0.15, -0.1) is 0 Å². The number of amides is 1. The number of carbonyl (C=O) groups excluding carboxylic acids is 1. The lowest BCUT2D eigenvalue weighted by atomic mass is 10.2. The van der Waals surface area contributed by atoms with E-state index in [-0.39, 0.29) is 17.0 Å². The van der Waals surface area contributed by atoms with E-state index >= 15 is 0 Å². The summed E-state index contributed by atoms with van der Waals surface area (Å²) in [7, 11) is 1.66. The van der Waals surface area contributed by atoms with Crippen LogP contribution in [0.25, 0.3) is 11.0 Å². The van der Waals surface area contributed by atoms with Crippen molar-refractivity contribution in [1.29, 1.82) is 0 Å². The van der Waals surface area contributed by atoms with Crippen LogP contribution in [0.1, 0.15) is 28.3 Å². The molecule has 1 amide bonds. The fourth-order valence-electron chi connectivity index (χ4n) is 2.61. The van der Waals surface area contributed by atoms with Gasteiger partial charge >= 0.3 is 0 Å². The number of fused-ring (bicyclic) bond motifs is 1. The summed E-state index contributed by atoms with van der Waals surface area (Å²) in [6.07, 6.45) is 1.41. The van der Waals surface area contributed by atoms with E-state index in [1.165, 1.54) is 4.57 Å². The Balaban J connectivity index is 1.56. The van der Waals surface area contributed by atoms with Crippen LogP contribution in [0.2, 0.25) is 5.02 Å². The van der Waals surface area contributed by atoms with Crippen LogP contribution < -0.4 is 10.9 Å². The Morgan fingerprint density at radius 3 is 2.92 bits per heavy atom. The molecule has 0 bridgehead atoms. The third-order valence-corrected chi connectivity index (χ3v) is 4.40. The Hall–Kier alpha value is -2.60. The number of H-pyrrole nitrogens is 1. The molecule has 6 nitrogen and oxygen atoms in total. The van der Waals surface area contributed by atoms with E-state index in [1.807, 2.05) is 19.1 Å². The Bertz CT molecular complexity index is 990. The number of imidazole rings is 1. The van der Waals surface area contributed by atoms with Gasteiger partial charge in [-0.25, -0.2) is 4.98 Å². The summed E-state index contributed by atoms with van der Waals surface area (Å²) in [5.41, 5.74) is 2.45. The number of pyridine rings is 1. The Kier molecular flexibility index (Phi) is 4.90. The third kappa shape index (κ3) is 3.74. The molecule has 0 saturated carbocycles. The van der Waals surface area contributed by atoms with Crippen molar-refractivity contribution in [2.24, 2.45) is 7.05 Å². The monoisotopic (exact) mass is 358 g/mol. The van der Waals surface area contributed by atoms with Gasteiger partial charge < -0.3 is 14.9 Å². The van der Waals surface area contributed by atoms with E-state index in [9.17, 15) is 9.59 Å². The van der Waals surface area contributed by atoms with Gasteiger partial charge in [0.25, 0.3) is 11.5 Å². The molecular formula is C18H19ClN4O2. The minimum atomic E-state index is -0.350. The molecule has 0 radical (unpaired) electrons. The lowest BCUT2D eigenvalue weighted by Crippen LogP contribution is -2.33. The van der Waals surface area contributed by atoms with Gasteiger partial charge in [-0.2, -0.15) is 0 Å². The molecule has 1 aromatic carbocycles. The van der Waals surface area contributed by atoms with Gasteiger partial charge in [0.15, 0.2) is 0 Å². The number of hydrogen-bond donors (Lipinski definition) is 2. The number of aromatic amines is 1. The molecule has 2 heterocycles. The quantitative estimate of drug-likeness (QED) is 0.688. The highest BCUT2D eigenvalue weighted by atomic mass is 35.5. The number of aromatic nitrogens is 3. The van der Waals surface area contributed by atoms with Gasteiger partial charge in [-0.3, -0.25) is 9.59 Å². The van der Waals surface area contributed by atoms with Crippen molar-refractivity contribution < 1.29 is 4.79 Å². The SMILES string of the molecule is Cc1ccc(C(=O)NCCCc2nc3ccc(Cl)cc3[nH]2)c(=O)n1C. The normalized spacial score (nSPS) is 11.0. The predicted octanol–water partition coefficient (Wildman–Crippen LogP) is 2.59. The zero-order chi connectivity index (χ0) is 18.0. The zero-order valence-corrected chi connectivity index (χ0v) is 14.9. The van der Waals surface area contributed by atoms with Crippen LogP contribution in [0.4, 0.5) is 0 Å². The second kappa shape index (κ2) is 7.11. The van der Waals surface area contributed by atoms with Crippen molar-refractivity contribution in [3.8, 4) is 0 Å². The summed E-state index contributed by atoms with van der Waals surface area (Å²) >= 11 is 5.96. The Morgan fingerprint density at radius 2 is 2.12 bits per heavy atom. The highest BCUT2D eigenvalue weighted by molar-refractivity contribution is 6.31. The van der Waals surface area contributed by atoms with Gasteiger partial charge in [0.2, 0.25) is 0 Å². The van der Waals surface area contributed by atoms with E-state index < -0.39 is 0 Å². The number of hydrogen-bond acceptors (Lipinski definition) is 3. The van der Waals surface area contributed by atoms with Crippen molar-refractivity contribution in [3.05, 3.63) is 62.8 Å². The molecule has 3 rings (SSSR count). The second-order valence-electron chi connectivity index (χ2n) is 5.96. The molecule has 0 aliphatic rings. The van der Waals surface area contributed by atoms with Crippen LogP contribution in [-0.2, 0) is 13.5 Å². The van der Waals surface area contributed by atoms with Crippen molar-refractivity contribution in [2.75, 3.05) is 6.54 Å². The summed E-state index contributed by atoms with van der Waals surface area (Å²) in [5.74, 6) is 0.495. The molecule has 0 saturated heterocycles. The van der Waals surface area contributed by atoms with Crippen LogP contribution in [0.15, 0.2) is 35.1 Å². The maximum absolute atomic E-state index is 12.2. The largest absolute Gasteiger partial charge is 0.352 e. The molecule has 7 heteroatoms. The van der Waals surface area contributed by atoms with Crippen molar-refractivity contribution in [1.82, 2.24) is 19.9 Å². The third-order valence-electron chi connectivity index (χ3n) is 4.17. The first-order valence-corrected chi connectivity index (χ1v) is 8.42. The van der Waals surface area contributed by atoms with Crippen LogP contribution in [0.3, 0.4) is 0 Å². The maximum Gasteiger partial charge on any atom is 0.263 e. The van der Waals surface area contributed by atoms with E-state index in [0.717, 1.165) is 22.6 Å². The average Bonchev–Trinajstić information content (AvgIpc) is 2.98. The van der Waals surface area contributed by atoms with E-state index in [0.29, 0.717) is 24.4 Å². The Morgan fingerprint density at radius 1 is 1.32 bits per heavy atom. The number of nitrogens with one attached hydrogen (secondary N) is 2. The fraction of sp³-hybridized carbons (Fsp3) is 0.278. The molecule has 2 aromatic heterocycles. The number of nitrogens with zero attached hydrogens (tertiary/aromatic N) is 2. The number of aryl methyl sites for hydroxylation is 2. The van der Waals surface area contributed by atoms with Gasteiger partial charge in [-0.05, 0) is 43.7 Å². The lowest BCUT2D eigenvalue weighted by Gasteiger charge is -2.07. The van der Waals surface area contributed by atoms with Crippen LogP contribution in [0.5, 0.6) is 0 Å². The molecule has 3 aromatic rings. The standard InChI is InChI=1S/C18H19ClN4O2/c1-11-5-7-13(18(25)23(11)2)17(24)20-9-3-4-16-21-14-8-6-12(19)10-15(14)22-16/h5-8,10H,3-4,9H2,1-2H3,(H,20,24)(H,21,22). The van der Waals surface area contributed by atoms with Gasteiger partial charge in [0.1, 0.15) is 11.4 Å². The second-order valence-corrected chi connectivity index (χ2v) is 6.39. The fourth-order valence-corrected chi connectivity index (χ4v) is 2.78. The van der Waals surface area contributed by atoms with Gasteiger partial charge in [0.05, 0.1) is 11.0 Å². The molecule has 2 N–H and O–H groups in total. The summed E-state index contributed by atoms with van der Waals surface area (Å²) in [4.78, 5) is 31.9. The number of rotatable bonds is 5. The number of benzene rings is 1. The van der Waals surface area contributed by atoms with Crippen LogP contribution in [-0.4, -0.2) is 27.0 Å². The topological polar surface area (TPSA) is 79.8 Å². The summed E-state index contributed by atoms with van der Waals surface area (Å²) in [6.45, 7) is 2.29. The first-order chi connectivity index (χ1) is 12.0.